The van der Waals surface area contributed by atoms with Crippen molar-refractivity contribution in [1.82, 2.24) is 34.3 Å². The van der Waals surface area contributed by atoms with E-state index in [4.69, 9.17) is 0 Å². The van der Waals surface area contributed by atoms with Gasteiger partial charge in [-0.05, 0) is 78.9 Å². The molecule has 3 unspecified atom stereocenters. The molecule has 0 radical (unpaired) electrons. The summed E-state index contributed by atoms with van der Waals surface area (Å²) in [7, 11) is 0. The maximum Gasteiger partial charge on any atom is 0.100 e. The minimum atomic E-state index is 0.544. The van der Waals surface area contributed by atoms with Gasteiger partial charge in [0.05, 0.1) is 0 Å². The first-order valence-electron chi connectivity index (χ1n) is 15.4. The molecule has 3 aliphatic heterocycles. The van der Waals surface area contributed by atoms with Crippen molar-refractivity contribution in [2.75, 3.05) is 58.9 Å². The smallest absolute Gasteiger partial charge is 0.100 e. The minimum Gasteiger partial charge on any atom is -0.356 e. The number of hydrogen-bond acceptors (Lipinski definition) is 7. The molecular formula is C30H57N7. The van der Waals surface area contributed by atoms with E-state index in [0.717, 1.165) is 39.3 Å². The Hall–Kier alpha value is -2.02. The van der Waals surface area contributed by atoms with E-state index in [0.29, 0.717) is 18.5 Å². The molecule has 0 aromatic heterocycles. The van der Waals surface area contributed by atoms with Crippen LogP contribution in [0, 0.1) is 0 Å². The first kappa shape index (κ1) is 29.5. The molecule has 37 heavy (non-hydrogen) atoms. The summed E-state index contributed by atoms with van der Waals surface area (Å²) in [6, 6.07) is 0. The normalized spacial score (nSPS) is 23.3. The van der Waals surface area contributed by atoms with E-state index in [-0.39, 0.29) is 0 Å². The van der Waals surface area contributed by atoms with E-state index >= 15 is 0 Å². The van der Waals surface area contributed by atoms with E-state index in [1.807, 2.05) is 0 Å². The molecule has 0 saturated carbocycles. The summed E-state index contributed by atoms with van der Waals surface area (Å²) in [5.41, 5.74) is 0. The molecule has 0 saturated heterocycles. The van der Waals surface area contributed by atoms with Gasteiger partial charge in [-0.3, -0.25) is 0 Å². The molecule has 0 spiro atoms. The highest BCUT2D eigenvalue weighted by Crippen LogP contribution is 2.21. The fourth-order valence-electron chi connectivity index (χ4n) is 6.47. The largest absolute Gasteiger partial charge is 0.356 e. The van der Waals surface area contributed by atoms with Crippen molar-refractivity contribution in [3.8, 4) is 0 Å². The van der Waals surface area contributed by atoms with E-state index in [9.17, 15) is 0 Å². The van der Waals surface area contributed by atoms with E-state index < -0.39 is 0 Å². The third kappa shape index (κ3) is 7.75. The predicted molar refractivity (Wildman–Crippen MR) is 157 cm³/mol. The Balaban J connectivity index is 1.48. The van der Waals surface area contributed by atoms with Crippen LogP contribution in [0.3, 0.4) is 0 Å². The van der Waals surface area contributed by atoms with Crippen LogP contribution in [0.15, 0.2) is 37.2 Å². The van der Waals surface area contributed by atoms with E-state index in [1.165, 1.54) is 58.2 Å². The van der Waals surface area contributed by atoms with Crippen molar-refractivity contribution in [2.24, 2.45) is 0 Å². The summed E-state index contributed by atoms with van der Waals surface area (Å²) in [4.78, 5) is 17.8. The first-order valence-corrected chi connectivity index (χ1v) is 15.4. The van der Waals surface area contributed by atoms with Crippen LogP contribution >= 0.6 is 0 Å². The number of hydrogen-bond donors (Lipinski definition) is 0. The number of rotatable bonds is 18. The number of nitrogens with zero attached hydrogens (tertiary/aromatic N) is 7. The Labute approximate surface area is 229 Å². The Bertz CT molecular complexity index is 628. The van der Waals surface area contributed by atoms with Gasteiger partial charge >= 0.3 is 0 Å². The van der Waals surface area contributed by atoms with Gasteiger partial charge in [0.2, 0.25) is 0 Å². The molecule has 3 aliphatic rings. The molecule has 0 aromatic carbocycles. The van der Waals surface area contributed by atoms with Crippen LogP contribution in [0.5, 0.6) is 0 Å². The van der Waals surface area contributed by atoms with Crippen LogP contribution in [-0.2, 0) is 0 Å². The standard InChI is InChI=1S/C30H57N7/c1-7-28-32(10-4)22-25-35(28)19-13-16-31(17-14-20-36-26-23-33(11-5)29(36)8-2)18-15-21-37-27-24-34(12-6)30(37)9-3/h22-30H,7-21H2,1-6H3. The van der Waals surface area contributed by atoms with Crippen molar-refractivity contribution in [2.45, 2.75) is 98.6 Å². The van der Waals surface area contributed by atoms with E-state index in [2.05, 4.69) is 113 Å². The third-order valence-corrected chi connectivity index (χ3v) is 8.51. The minimum absolute atomic E-state index is 0.544. The fraction of sp³-hybridized carbons (Fsp3) is 0.800. The van der Waals surface area contributed by atoms with E-state index in [1.54, 1.807) is 0 Å². The summed E-state index contributed by atoms with van der Waals surface area (Å²) in [6.45, 7) is 24.0. The van der Waals surface area contributed by atoms with Gasteiger partial charge in [0.15, 0.2) is 0 Å². The van der Waals surface area contributed by atoms with Gasteiger partial charge < -0.3 is 34.3 Å². The molecule has 3 rings (SSSR count). The zero-order valence-corrected chi connectivity index (χ0v) is 24.9. The molecule has 7 heteroatoms. The van der Waals surface area contributed by atoms with Crippen molar-refractivity contribution in [3.05, 3.63) is 37.2 Å². The monoisotopic (exact) mass is 515 g/mol. The summed E-state index contributed by atoms with van der Waals surface area (Å²) >= 11 is 0. The van der Waals surface area contributed by atoms with Crippen molar-refractivity contribution in [3.63, 3.8) is 0 Å². The zero-order chi connectivity index (χ0) is 26.6. The molecule has 0 amide bonds. The van der Waals surface area contributed by atoms with Crippen molar-refractivity contribution >= 4 is 0 Å². The van der Waals surface area contributed by atoms with Crippen LogP contribution in [0.25, 0.3) is 0 Å². The maximum absolute atomic E-state index is 2.75. The van der Waals surface area contributed by atoms with Crippen LogP contribution in [0.1, 0.15) is 80.1 Å². The second kappa shape index (κ2) is 15.4. The molecule has 7 nitrogen and oxygen atoms in total. The Morgan fingerprint density at radius 2 is 0.703 bits per heavy atom. The SMILES string of the molecule is CCC1N(CC)C=CN1CCCN(CCCN1C=CN(CC)C1CC)CCCN1C=CN(CC)C1CC. The molecule has 212 valence electrons. The van der Waals surface area contributed by atoms with Gasteiger partial charge in [-0.15, -0.1) is 0 Å². The Morgan fingerprint density at radius 1 is 0.432 bits per heavy atom. The lowest BCUT2D eigenvalue weighted by molar-refractivity contribution is 0.131. The third-order valence-electron chi connectivity index (χ3n) is 8.51. The topological polar surface area (TPSA) is 22.7 Å². The van der Waals surface area contributed by atoms with Crippen molar-refractivity contribution in [1.29, 1.82) is 0 Å². The molecular weight excluding hydrogens is 458 g/mol. The molecule has 0 aromatic rings. The van der Waals surface area contributed by atoms with Crippen LogP contribution in [-0.4, -0.2) is 112 Å². The predicted octanol–water partition coefficient (Wildman–Crippen LogP) is 4.99. The van der Waals surface area contributed by atoms with Gasteiger partial charge in [0.25, 0.3) is 0 Å². The van der Waals surface area contributed by atoms with Crippen LogP contribution in [0.4, 0.5) is 0 Å². The highest BCUT2D eigenvalue weighted by molar-refractivity contribution is 4.98. The molecule has 0 bridgehead atoms. The zero-order valence-electron chi connectivity index (χ0n) is 24.9. The van der Waals surface area contributed by atoms with Crippen molar-refractivity contribution < 1.29 is 0 Å². The first-order chi connectivity index (χ1) is 18.1. The molecule has 0 aliphatic carbocycles. The van der Waals surface area contributed by atoms with Gasteiger partial charge in [-0.2, -0.15) is 0 Å². The van der Waals surface area contributed by atoms with Gasteiger partial charge in [-0.25, -0.2) is 0 Å². The highest BCUT2D eigenvalue weighted by Gasteiger charge is 2.25. The van der Waals surface area contributed by atoms with Crippen LogP contribution in [0.2, 0.25) is 0 Å². The average Bonchev–Trinajstić information content (AvgIpc) is 3.63. The fourth-order valence-corrected chi connectivity index (χ4v) is 6.47. The lowest BCUT2D eigenvalue weighted by Gasteiger charge is -2.34. The second-order valence-electron chi connectivity index (χ2n) is 10.7. The summed E-state index contributed by atoms with van der Waals surface area (Å²) < 4.78 is 0. The lowest BCUT2D eigenvalue weighted by atomic mass is 10.2. The summed E-state index contributed by atoms with van der Waals surface area (Å²) in [5, 5.41) is 0. The summed E-state index contributed by atoms with van der Waals surface area (Å²) in [6.07, 6.45) is 22.7. The Kier molecular flexibility index (Phi) is 12.3. The lowest BCUT2D eigenvalue weighted by Crippen LogP contribution is -2.41. The highest BCUT2D eigenvalue weighted by atomic mass is 15.4. The van der Waals surface area contributed by atoms with Gasteiger partial charge in [0, 0.05) is 76.5 Å². The maximum atomic E-state index is 2.75. The van der Waals surface area contributed by atoms with Crippen LogP contribution < -0.4 is 0 Å². The quantitative estimate of drug-likeness (QED) is 0.253. The molecule has 3 atom stereocenters. The average molecular weight is 516 g/mol. The second-order valence-corrected chi connectivity index (χ2v) is 10.7. The van der Waals surface area contributed by atoms with Gasteiger partial charge in [-0.1, -0.05) is 20.8 Å². The molecule has 0 N–H and O–H groups in total. The summed E-state index contributed by atoms with van der Waals surface area (Å²) in [5.74, 6) is 0. The van der Waals surface area contributed by atoms with Gasteiger partial charge in [0.1, 0.15) is 18.5 Å². The molecule has 3 heterocycles. The Morgan fingerprint density at radius 3 is 0.946 bits per heavy atom. The molecule has 0 fully saturated rings.